The van der Waals surface area contributed by atoms with Crippen LogP contribution in [0.5, 0.6) is 0 Å². The summed E-state index contributed by atoms with van der Waals surface area (Å²) < 4.78 is 0. The highest BCUT2D eigenvalue weighted by Crippen LogP contribution is 2.46. The minimum atomic E-state index is -0.651. The van der Waals surface area contributed by atoms with Crippen LogP contribution in [0.25, 0.3) is 0 Å². The maximum Gasteiger partial charge on any atom is 0.237 e. The van der Waals surface area contributed by atoms with Crippen molar-refractivity contribution in [2.45, 2.75) is 12.3 Å². The number of nitrogens with one attached hydrogen (secondary N) is 1. The van der Waals surface area contributed by atoms with Gasteiger partial charge in [-0.2, -0.15) is 0 Å². The smallest absolute Gasteiger partial charge is 0.237 e. The monoisotopic (exact) mass is 266 g/mol. The predicted octanol–water partition coefficient (Wildman–Crippen LogP) is 3.14. The van der Waals surface area contributed by atoms with Gasteiger partial charge in [-0.25, -0.2) is 0 Å². The summed E-state index contributed by atoms with van der Waals surface area (Å²) >= 11 is 0. The van der Waals surface area contributed by atoms with Gasteiger partial charge in [-0.15, -0.1) is 0 Å². The van der Waals surface area contributed by atoms with Crippen LogP contribution in [0, 0.1) is 0 Å². The number of rotatable bonds is 1. The third-order valence-corrected chi connectivity index (χ3v) is 4.03. The Morgan fingerprint density at radius 1 is 0.950 bits per heavy atom. The zero-order valence-corrected chi connectivity index (χ0v) is 12.0. The van der Waals surface area contributed by atoms with E-state index in [4.69, 9.17) is 0 Å². The Kier molecular flexibility index (Phi) is 2.78. The molecule has 1 aliphatic rings. The quantitative estimate of drug-likeness (QED) is 0.860. The molecule has 102 valence electrons. The third kappa shape index (κ3) is 1.63. The second kappa shape index (κ2) is 4.37. The SMILES string of the molecule is CN(C)C(=O)C1(C)c2ccccc2Nc2ccccc21. The molecule has 0 atom stereocenters. The lowest BCUT2D eigenvalue weighted by Gasteiger charge is -2.38. The van der Waals surface area contributed by atoms with Gasteiger partial charge in [0.1, 0.15) is 5.41 Å². The standard InChI is InChI=1S/C17H18N2O/c1-17(16(20)19(2)3)12-8-4-6-10-14(12)18-15-11-7-5-9-13(15)17/h4-11,18H,1-3H3. The first-order valence-electron chi connectivity index (χ1n) is 6.73. The zero-order valence-electron chi connectivity index (χ0n) is 12.0. The summed E-state index contributed by atoms with van der Waals surface area (Å²) in [6.07, 6.45) is 0. The first-order valence-corrected chi connectivity index (χ1v) is 6.73. The molecular weight excluding hydrogens is 248 g/mol. The second-order valence-corrected chi connectivity index (χ2v) is 5.54. The van der Waals surface area contributed by atoms with Crippen LogP contribution in [-0.2, 0) is 10.2 Å². The normalized spacial score (nSPS) is 14.8. The van der Waals surface area contributed by atoms with Crippen LogP contribution in [0.1, 0.15) is 18.1 Å². The Labute approximate surface area is 119 Å². The van der Waals surface area contributed by atoms with E-state index < -0.39 is 5.41 Å². The van der Waals surface area contributed by atoms with E-state index in [0.717, 1.165) is 22.5 Å². The van der Waals surface area contributed by atoms with Crippen LogP contribution in [0.3, 0.4) is 0 Å². The number of benzene rings is 2. The Bertz CT molecular complexity index is 631. The van der Waals surface area contributed by atoms with Crippen molar-refractivity contribution in [2.75, 3.05) is 19.4 Å². The number of anilines is 2. The van der Waals surface area contributed by atoms with E-state index in [1.165, 1.54) is 0 Å². The largest absolute Gasteiger partial charge is 0.355 e. The van der Waals surface area contributed by atoms with Crippen LogP contribution in [-0.4, -0.2) is 24.9 Å². The van der Waals surface area contributed by atoms with Crippen LogP contribution in [0.4, 0.5) is 11.4 Å². The van der Waals surface area contributed by atoms with E-state index in [1.807, 2.05) is 55.5 Å². The average Bonchev–Trinajstić information content (AvgIpc) is 2.46. The van der Waals surface area contributed by atoms with Crippen LogP contribution in [0.2, 0.25) is 0 Å². The molecule has 2 aromatic carbocycles. The summed E-state index contributed by atoms with van der Waals surface area (Å²) in [7, 11) is 3.61. The highest BCUT2D eigenvalue weighted by Gasteiger charge is 2.43. The molecule has 0 bridgehead atoms. The minimum absolute atomic E-state index is 0.0962. The van der Waals surface area contributed by atoms with E-state index in [2.05, 4.69) is 5.32 Å². The van der Waals surface area contributed by atoms with Gasteiger partial charge in [0.05, 0.1) is 0 Å². The van der Waals surface area contributed by atoms with Gasteiger partial charge < -0.3 is 10.2 Å². The molecule has 0 unspecified atom stereocenters. The van der Waals surface area contributed by atoms with Crippen molar-refractivity contribution in [1.82, 2.24) is 4.90 Å². The number of hydrogen-bond donors (Lipinski definition) is 1. The van der Waals surface area contributed by atoms with Gasteiger partial charge in [0, 0.05) is 25.5 Å². The molecule has 3 heteroatoms. The molecule has 0 saturated carbocycles. The average molecular weight is 266 g/mol. The highest BCUT2D eigenvalue weighted by atomic mass is 16.2. The lowest BCUT2D eigenvalue weighted by atomic mass is 9.71. The molecule has 2 aromatic rings. The van der Waals surface area contributed by atoms with E-state index >= 15 is 0 Å². The van der Waals surface area contributed by atoms with Gasteiger partial charge in [-0.3, -0.25) is 4.79 Å². The summed E-state index contributed by atoms with van der Waals surface area (Å²) in [5, 5.41) is 3.42. The molecule has 1 aliphatic heterocycles. The van der Waals surface area contributed by atoms with E-state index in [-0.39, 0.29) is 5.91 Å². The lowest BCUT2D eigenvalue weighted by Crippen LogP contribution is -2.44. The number of amides is 1. The number of likely N-dealkylation sites (N-methyl/N-ethyl adjacent to an activating group) is 1. The summed E-state index contributed by atoms with van der Waals surface area (Å²) in [5.41, 5.74) is 3.41. The van der Waals surface area contributed by atoms with Crippen molar-refractivity contribution in [1.29, 1.82) is 0 Å². The van der Waals surface area contributed by atoms with Crippen molar-refractivity contribution in [3.05, 3.63) is 59.7 Å². The Hall–Kier alpha value is -2.29. The number of fused-ring (bicyclic) bond motifs is 2. The molecular formula is C17H18N2O. The van der Waals surface area contributed by atoms with Crippen molar-refractivity contribution < 1.29 is 4.79 Å². The van der Waals surface area contributed by atoms with Crippen molar-refractivity contribution in [3.63, 3.8) is 0 Å². The molecule has 1 amide bonds. The molecule has 20 heavy (non-hydrogen) atoms. The first kappa shape index (κ1) is 12.7. The number of carbonyl (C=O) groups is 1. The van der Waals surface area contributed by atoms with Crippen LogP contribution >= 0.6 is 0 Å². The van der Waals surface area contributed by atoms with Gasteiger partial charge in [-0.1, -0.05) is 36.4 Å². The molecule has 3 rings (SSSR count). The van der Waals surface area contributed by atoms with Gasteiger partial charge in [-0.05, 0) is 30.2 Å². The Morgan fingerprint density at radius 2 is 1.40 bits per heavy atom. The molecule has 3 nitrogen and oxygen atoms in total. The lowest BCUT2D eigenvalue weighted by molar-refractivity contribution is -0.132. The molecule has 0 spiro atoms. The van der Waals surface area contributed by atoms with Gasteiger partial charge >= 0.3 is 0 Å². The zero-order chi connectivity index (χ0) is 14.3. The molecule has 0 aliphatic carbocycles. The fourth-order valence-corrected chi connectivity index (χ4v) is 3.02. The van der Waals surface area contributed by atoms with Gasteiger partial charge in [0.15, 0.2) is 0 Å². The van der Waals surface area contributed by atoms with Crippen molar-refractivity contribution in [3.8, 4) is 0 Å². The first-order chi connectivity index (χ1) is 9.55. The molecule has 1 heterocycles. The molecule has 0 fully saturated rings. The third-order valence-electron chi connectivity index (χ3n) is 4.03. The second-order valence-electron chi connectivity index (χ2n) is 5.54. The van der Waals surface area contributed by atoms with E-state index in [0.29, 0.717) is 0 Å². The van der Waals surface area contributed by atoms with E-state index in [9.17, 15) is 4.79 Å². The summed E-state index contributed by atoms with van der Waals surface area (Å²) in [6.45, 7) is 2.01. The highest BCUT2D eigenvalue weighted by molar-refractivity contribution is 5.97. The summed E-state index contributed by atoms with van der Waals surface area (Å²) in [5.74, 6) is 0.0962. The maximum absolute atomic E-state index is 12.8. The number of para-hydroxylation sites is 2. The van der Waals surface area contributed by atoms with E-state index in [1.54, 1.807) is 19.0 Å². The number of carbonyl (C=O) groups excluding carboxylic acids is 1. The maximum atomic E-state index is 12.8. The van der Waals surface area contributed by atoms with Crippen LogP contribution < -0.4 is 5.32 Å². The fraction of sp³-hybridized carbons (Fsp3) is 0.235. The predicted molar refractivity (Wildman–Crippen MR) is 81.3 cm³/mol. The molecule has 0 radical (unpaired) electrons. The molecule has 1 N–H and O–H groups in total. The minimum Gasteiger partial charge on any atom is -0.355 e. The summed E-state index contributed by atoms with van der Waals surface area (Å²) in [4.78, 5) is 14.5. The Balaban J connectivity index is 2.30. The topological polar surface area (TPSA) is 32.3 Å². The van der Waals surface area contributed by atoms with Crippen molar-refractivity contribution >= 4 is 17.3 Å². The van der Waals surface area contributed by atoms with Crippen LogP contribution in [0.15, 0.2) is 48.5 Å². The molecule has 0 saturated heterocycles. The van der Waals surface area contributed by atoms with Gasteiger partial charge in [0.2, 0.25) is 5.91 Å². The molecule has 0 aromatic heterocycles. The van der Waals surface area contributed by atoms with Crippen molar-refractivity contribution in [2.24, 2.45) is 0 Å². The fourth-order valence-electron chi connectivity index (χ4n) is 3.02. The summed E-state index contributed by atoms with van der Waals surface area (Å²) in [6, 6.07) is 16.0. The number of hydrogen-bond acceptors (Lipinski definition) is 2. The number of nitrogens with zero attached hydrogens (tertiary/aromatic N) is 1. The Morgan fingerprint density at radius 3 is 1.85 bits per heavy atom. The van der Waals surface area contributed by atoms with Gasteiger partial charge in [0.25, 0.3) is 0 Å².